The number of para-hydroxylation sites is 2. The third-order valence-corrected chi connectivity index (χ3v) is 7.01. The van der Waals surface area contributed by atoms with Crippen LogP contribution in [0.2, 0.25) is 0 Å². The zero-order valence-corrected chi connectivity index (χ0v) is 23.4. The second kappa shape index (κ2) is 11.6. The number of rotatable bonds is 8. The van der Waals surface area contributed by atoms with E-state index in [0.717, 1.165) is 19.5 Å². The van der Waals surface area contributed by atoms with Crippen molar-refractivity contribution in [2.45, 2.75) is 66.2 Å². The number of carbonyl (C=O) groups is 1. The van der Waals surface area contributed by atoms with Crippen molar-refractivity contribution < 1.29 is 13.9 Å². The minimum absolute atomic E-state index is 0.00212. The summed E-state index contributed by atoms with van der Waals surface area (Å²) in [4.78, 5) is 18.7. The highest BCUT2D eigenvalue weighted by atomic mass is 19.1. The molecule has 3 aromatic rings. The number of amides is 1. The Hall–Kier alpha value is -3.26. The molecular weight excluding hydrogens is 481 g/mol. The fourth-order valence-corrected chi connectivity index (χ4v) is 5.10. The van der Waals surface area contributed by atoms with Crippen molar-refractivity contribution in [1.29, 1.82) is 0 Å². The van der Waals surface area contributed by atoms with Crippen molar-refractivity contribution in [1.82, 2.24) is 24.8 Å². The Morgan fingerprint density at radius 3 is 2.45 bits per heavy atom. The van der Waals surface area contributed by atoms with Crippen LogP contribution in [0.25, 0.3) is 5.69 Å². The number of hydrogen-bond donors (Lipinski definition) is 0. The van der Waals surface area contributed by atoms with E-state index >= 15 is 0 Å². The van der Waals surface area contributed by atoms with Gasteiger partial charge in [-0.05, 0) is 63.3 Å². The van der Waals surface area contributed by atoms with E-state index < -0.39 is 5.82 Å². The summed E-state index contributed by atoms with van der Waals surface area (Å²) in [6.07, 6.45) is 0.919. The zero-order chi connectivity index (χ0) is 27.4. The summed E-state index contributed by atoms with van der Waals surface area (Å²) < 4.78 is 22.2. The van der Waals surface area contributed by atoms with Crippen LogP contribution in [-0.2, 0) is 6.61 Å². The predicted octanol–water partition coefficient (Wildman–Crippen LogP) is 5.59. The number of ether oxygens (including phenoxy) is 1. The topological polar surface area (TPSA) is 63.5 Å². The van der Waals surface area contributed by atoms with Crippen molar-refractivity contribution in [3.05, 3.63) is 71.8 Å². The Balaban J connectivity index is 1.72. The second-order valence-electron chi connectivity index (χ2n) is 11.8. The first-order valence-electron chi connectivity index (χ1n) is 13.5. The molecule has 0 aliphatic carbocycles. The van der Waals surface area contributed by atoms with E-state index in [0.29, 0.717) is 23.9 Å². The highest BCUT2D eigenvalue weighted by Crippen LogP contribution is 2.29. The van der Waals surface area contributed by atoms with Crippen molar-refractivity contribution >= 4 is 5.91 Å². The van der Waals surface area contributed by atoms with Gasteiger partial charge in [-0.25, -0.2) is 9.07 Å². The van der Waals surface area contributed by atoms with Crippen molar-refractivity contribution in [3.8, 4) is 11.4 Å². The van der Waals surface area contributed by atoms with Crippen LogP contribution in [-0.4, -0.2) is 61.9 Å². The number of nitrogens with zero attached hydrogens (tertiary/aromatic N) is 5. The van der Waals surface area contributed by atoms with Gasteiger partial charge in [-0.3, -0.25) is 9.69 Å². The first-order chi connectivity index (χ1) is 18.0. The van der Waals surface area contributed by atoms with Gasteiger partial charge in [-0.15, -0.1) is 5.10 Å². The first-order valence-corrected chi connectivity index (χ1v) is 13.5. The molecule has 204 valence electrons. The van der Waals surface area contributed by atoms with Gasteiger partial charge in [-0.2, -0.15) is 0 Å². The molecule has 0 saturated carbocycles. The molecule has 0 N–H and O–H groups in total. The van der Waals surface area contributed by atoms with E-state index in [9.17, 15) is 9.18 Å². The molecule has 2 heterocycles. The Morgan fingerprint density at radius 1 is 1.11 bits per heavy atom. The summed E-state index contributed by atoms with van der Waals surface area (Å²) in [6.45, 7) is 15.6. The first kappa shape index (κ1) is 27.8. The second-order valence-corrected chi connectivity index (χ2v) is 11.8. The van der Waals surface area contributed by atoms with Gasteiger partial charge in [0.25, 0.3) is 5.91 Å². The van der Waals surface area contributed by atoms with Crippen LogP contribution >= 0.6 is 0 Å². The van der Waals surface area contributed by atoms with E-state index in [1.54, 1.807) is 18.2 Å². The van der Waals surface area contributed by atoms with E-state index in [-0.39, 0.29) is 41.4 Å². The largest absolute Gasteiger partial charge is 0.487 e. The van der Waals surface area contributed by atoms with Gasteiger partial charge in [0.05, 0.1) is 0 Å². The predicted molar refractivity (Wildman–Crippen MR) is 147 cm³/mol. The summed E-state index contributed by atoms with van der Waals surface area (Å²) in [5.41, 5.74) is 0.855. The highest BCUT2D eigenvalue weighted by Gasteiger charge is 2.38. The molecule has 1 saturated heterocycles. The van der Waals surface area contributed by atoms with Crippen molar-refractivity contribution in [2.24, 2.45) is 11.8 Å². The SMILES string of the molecule is CC(C)CN(C(=O)c1nnn(-c2ccccc2F)c1COc1ccccc1)[C@H]1C[C@@H](C)CN(C(C)(C)C)C1. The van der Waals surface area contributed by atoms with Crippen LogP contribution in [0.3, 0.4) is 0 Å². The molecule has 1 aliphatic heterocycles. The van der Waals surface area contributed by atoms with Gasteiger partial charge in [0.1, 0.15) is 29.6 Å². The zero-order valence-electron chi connectivity index (χ0n) is 23.4. The number of carbonyl (C=O) groups excluding carboxylic acids is 1. The van der Waals surface area contributed by atoms with Gasteiger partial charge in [0, 0.05) is 31.2 Å². The molecule has 0 unspecified atom stereocenters. The van der Waals surface area contributed by atoms with E-state index in [4.69, 9.17) is 4.74 Å². The van der Waals surface area contributed by atoms with E-state index in [1.807, 2.05) is 35.2 Å². The van der Waals surface area contributed by atoms with Gasteiger partial charge in [0.2, 0.25) is 0 Å². The Bertz CT molecular complexity index is 1220. The molecule has 0 radical (unpaired) electrons. The average molecular weight is 522 g/mol. The number of halogens is 1. The lowest BCUT2D eigenvalue weighted by Crippen LogP contribution is -2.57. The third-order valence-electron chi connectivity index (χ3n) is 7.01. The van der Waals surface area contributed by atoms with E-state index in [1.165, 1.54) is 10.7 Å². The lowest BCUT2D eigenvalue weighted by Gasteiger charge is -2.47. The van der Waals surface area contributed by atoms with Crippen LogP contribution in [0.1, 0.15) is 64.1 Å². The molecule has 1 aliphatic rings. The number of piperidine rings is 1. The van der Waals surface area contributed by atoms with Gasteiger partial charge in [-0.1, -0.05) is 56.3 Å². The molecule has 2 aromatic carbocycles. The molecule has 7 nitrogen and oxygen atoms in total. The van der Waals surface area contributed by atoms with Crippen LogP contribution in [0, 0.1) is 17.7 Å². The Kier molecular flexibility index (Phi) is 8.51. The molecule has 2 atom stereocenters. The van der Waals surface area contributed by atoms with Crippen LogP contribution in [0.15, 0.2) is 54.6 Å². The minimum Gasteiger partial charge on any atom is -0.487 e. The number of hydrogen-bond acceptors (Lipinski definition) is 5. The molecule has 8 heteroatoms. The molecule has 0 spiro atoms. The fourth-order valence-electron chi connectivity index (χ4n) is 5.10. The van der Waals surface area contributed by atoms with Crippen LogP contribution in [0.5, 0.6) is 5.75 Å². The van der Waals surface area contributed by atoms with Crippen molar-refractivity contribution in [3.63, 3.8) is 0 Å². The number of benzene rings is 2. The lowest BCUT2D eigenvalue weighted by molar-refractivity contribution is 0.0155. The quantitative estimate of drug-likeness (QED) is 0.387. The molecular formula is C30H40FN5O2. The molecule has 1 fully saturated rings. The summed E-state index contributed by atoms with van der Waals surface area (Å²) in [5.74, 6) is 0.725. The summed E-state index contributed by atoms with van der Waals surface area (Å²) in [6, 6.07) is 15.7. The molecule has 38 heavy (non-hydrogen) atoms. The monoisotopic (exact) mass is 521 g/mol. The van der Waals surface area contributed by atoms with Gasteiger partial charge >= 0.3 is 0 Å². The Labute approximate surface area is 225 Å². The average Bonchev–Trinajstić information content (AvgIpc) is 3.29. The highest BCUT2D eigenvalue weighted by molar-refractivity contribution is 5.93. The fraction of sp³-hybridized carbons (Fsp3) is 0.500. The van der Waals surface area contributed by atoms with Crippen molar-refractivity contribution in [2.75, 3.05) is 19.6 Å². The molecule has 4 rings (SSSR count). The standard InChI is InChI=1S/C30H40FN5O2/c1-21(2)17-35(23-16-22(3)18-34(19-23)30(4,5)6)29(37)28-27(20-38-24-12-8-7-9-13-24)36(33-32-28)26-15-11-10-14-25(26)31/h7-15,21-23H,16-20H2,1-6H3/t22-,23+/m1/s1. The number of likely N-dealkylation sites (tertiary alicyclic amines) is 1. The van der Waals surface area contributed by atoms with Crippen LogP contribution < -0.4 is 4.74 Å². The van der Waals surface area contributed by atoms with Gasteiger partial charge < -0.3 is 9.64 Å². The Morgan fingerprint density at radius 2 is 1.79 bits per heavy atom. The molecule has 1 aromatic heterocycles. The van der Waals surface area contributed by atoms with Crippen LogP contribution in [0.4, 0.5) is 4.39 Å². The smallest absolute Gasteiger partial charge is 0.276 e. The maximum absolute atomic E-state index is 14.8. The lowest BCUT2D eigenvalue weighted by atomic mass is 9.90. The van der Waals surface area contributed by atoms with Gasteiger partial charge in [0.15, 0.2) is 5.69 Å². The third kappa shape index (κ3) is 6.41. The van der Waals surface area contributed by atoms with E-state index in [2.05, 4.69) is 56.8 Å². The molecule has 1 amide bonds. The maximum Gasteiger partial charge on any atom is 0.276 e. The number of aromatic nitrogens is 3. The summed E-state index contributed by atoms with van der Waals surface area (Å²) in [5, 5.41) is 8.56. The summed E-state index contributed by atoms with van der Waals surface area (Å²) >= 11 is 0. The maximum atomic E-state index is 14.8. The summed E-state index contributed by atoms with van der Waals surface area (Å²) in [7, 11) is 0. The normalized spacial score (nSPS) is 18.5. The molecule has 0 bridgehead atoms. The minimum atomic E-state index is -0.446.